The summed E-state index contributed by atoms with van der Waals surface area (Å²) in [6, 6.07) is 2.72. The smallest absolute Gasteiger partial charge is 0.201 e. The molecule has 0 radical (unpaired) electrons. The molecule has 2 rings (SSSR count). The zero-order chi connectivity index (χ0) is 13.5. The predicted octanol–water partition coefficient (Wildman–Crippen LogP) is 3.73. The van der Waals surface area contributed by atoms with E-state index in [-0.39, 0.29) is 11.0 Å². The maximum absolute atomic E-state index is 13.7. The largest absolute Gasteiger partial charge is 0.456 e. The fourth-order valence-corrected chi connectivity index (χ4v) is 2.26. The van der Waals surface area contributed by atoms with E-state index in [1.54, 1.807) is 13.1 Å². The first-order valence-electron chi connectivity index (χ1n) is 5.90. The standard InChI is InChI=1S/C14H17F2NO/c1-14(2,3)11-8-5-6-9(15)12(16)13(8)18-10(11)7-17-4/h5-6,17H,7H2,1-4H3. The molecule has 0 aliphatic carbocycles. The average molecular weight is 253 g/mol. The first-order chi connectivity index (χ1) is 8.36. The first-order valence-corrected chi connectivity index (χ1v) is 5.90. The molecule has 0 bridgehead atoms. The minimum absolute atomic E-state index is 0.00479. The highest BCUT2D eigenvalue weighted by Crippen LogP contribution is 2.37. The summed E-state index contributed by atoms with van der Waals surface area (Å²) < 4.78 is 32.5. The minimum Gasteiger partial charge on any atom is -0.456 e. The summed E-state index contributed by atoms with van der Waals surface area (Å²) in [6.45, 7) is 6.56. The van der Waals surface area contributed by atoms with Gasteiger partial charge in [0.2, 0.25) is 5.82 Å². The molecule has 1 aromatic carbocycles. The van der Waals surface area contributed by atoms with Gasteiger partial charge in [-0.2, -0.15) is 4.39 Å². The van der Waals surface area contributed by atoms with E-state index >= 15 is 0 Å². The van der Waals surface area contributed by atoms with Crippen LogP contribution in [0.3, 0.4) is 0 Å². The number of hydrogen-bond donors (Lipinski definition) is 1. The molecule has 1 aromatic heterocycles. The van der Waals surface area contributed by atoms with E-state index in [1.165, 1.54) is 0 Å². The first kappa shape index (κ1) is 13.0. The normalized spacial score (nSPS) is 12.3. The van der Waals surface area contributed by atoms with Crippen LogP contribution in [0.25, 0.3) is 11.0 Å². The second-order valence-electron chi connectivity index (χ2n) is 5.42. The Morgan fingerprint density at radius 3 is 2.44 bits per heavy atom. The fraction of sp³-hybridized carbons (Fsp3) is 0.429. The van der Waals surface area contributed by atoms with Gasteiger partial charge in [-0.15, -0.1) is 0 Å². The Balaban J connectivity index is 2.80. The molecule has 98 valence electrons. The van der Waals surface area contributed by atoms with Gasteiger partial charge < -0.3 is 9.73 Å². The van der Waals surface area contributed by atoms with Gasteiger partial charge in [0.25, 0.3) is 0 Å². The van der Waals surface area contributed by atoms with Gasteiger partial charge in [0.15, 0.2) is 11.4 Å². The molecule has 0 fully saturated rings. The maximum atomic E-state index is 13.7. The molecule has 0 aliphatic rings. The lowest BCUT2D eigenvalue weighted by Crippen LogP contribution is -2.15. The Bertz CT molecular complexity index is 581. The van der Waals surface area contributed by atoms with Gasteiger partial charge in [-0.05, 0) is 24.6 Å². The molecule has 0 saturated heterocycles. The Morgan fingerprint density at radius 1 is 1.22 bits per heavy atom. The minimum atomic E-state index is -0.916. The topological polar surface area (TPSA) is 25.2 Å². The molecule has 1 N–H and O–H groups in total. The molecule has 0 spiro atoms. The highest BCUT2D eigenvalue weighted by molar-refractivity contribution is 5.84. The fourth-order valence-electron chi connectivity index (χ4n) is 2.26. The van der Waals surface area contributed by atoms with Crippen LogP contribution in [0.4, 0.5) is 8.78 Å². The van der Waals surface area contributed by atoms with Crippen molar-refractivity contribution in [1.82, 2.24) is 5.32 Å². The van der Waals surface area contributed by atoms with Crippen molar-refractivity contribution in [3.05, 3.63) is 35.1 Å². The zero-order valence-electron chi connectivity index (χ0n) is 11.0. The van der Waals surface area contributed by atoms with E-state index in [0.717, 1.165) is 11.6 Å². The summed E-state index contributed by atoms with van der Waals surface area (Å²) in [5.41, 5.74) is 0.734. The van der Waals surface area contributed by atoms with E-state index in [9.17, 15) is 8.78 Å². The van der Waals surface area contributed by atoms with Gasteiger partial charge in [0.05, 0.1) is 6.54 Å². The summed E-state index contributed by atoms with van der Waals surface area (Å²) in [7, 11) is 1.79. The number of benzene rings is 1. The number of furan rings is 1. The highest BCUT2D eigenvalue weighted by atomic mass is 19.2. The van der Waals surface area contributed by atoms with Crippen molar-refractivity contribution in [2.24, 2.45) is 0 Å². The Labute approximate surface area is 105 Å². The third kappa shape index (κ3) is 2.01. The summed E-state index contributed by atoms with van der Waals surface area (Å²) >= 11 is 0. The monoisotopic (exact) mass is 253 g/mol. The van der Waals surface area contributed by atoms with Crippen molar-refractivity contribution in [2.45, 2.75) is 32.7 Å². The van der Waals surface area contributed by atoms with Crippen molar-refractivity contribution >= 4 is 11.0 Å². The van der Waals surface area contributed by atoms with Gasteiger partial charge in [-0.3, -0.25) is 0 Å². The Morgan fingerprint density at radius 2 is 1.89 bits per heavy atom. The van der Waals surface area contributed by atoms with Crippen LogP contribution in [0.5, 0.6) is 0 Å². The molecule has 2 nitrogen and oxygen atoms in total. The molecule has 1 heterocycles. The molecule has 4 heteroatoms. The van der Waals surface area contributed by atoms with Crippen LogP contribution in [0, 0.1) is 11.6 Å². The van der Waals surface area contributed by atoms with Gasteiger partial charge in [-0.25, -0.2) is 4.39 Å². The SMILES string of the molecule is CNCc1oc2c(F)c(F)ccc2c1C(C)(C)C. The average Bonchev–Trinajstić information content (AvgIpc) is 2.63. The van der Waals surface area contributed by atoms with Crippen molar-refractivity contribution in [2.75, 3.05) is 7.05 Å². The van der Waals surface area contributed by atoms with Crippen LogP contribution >= 0.6 is 0 Å². The van der Waals surface area contributed by atoms with Crippen molar-refractivity contribution < 1.29 is 13.2 Å². The summed E-state index contributed by atoms with van der Waals surface area (Å²) in [6.07, 6.45) is 0. The van der Waals surface area contributed by atoms with E-state index in [4.69, 9.17) is 4.42 Å². The molecule has 2 aromatic rings. The number of rotatable bonds is 2. The quantitative estimate of drug-likeness (QED) is 0.882. The lowest BCUT2D eigenvalue weighted by atomic mass is 9.84. The molecule has 18 heavy (non-hydrogen) atoms. The van der Waals surface area contributed by atoms with Crippen molar-refractivity contribution in [3.63, 3.8) is 0 Å². The Hall–Kier alpha value is -1.42. The van der Waals surface area contributed by atoms with Crippen LogP contribution < -0.4 is 5.32 Å². The van der Waals surface area contributed by atoms with Crippen LogP contribution in [0.2, 0.25) is 0 Å². The van der Waals surface area contributed by atoms with E-state index in [2.05, 4.69) is 5.32 Å². The maximum Gasteiger partial charge on any atom is 0.201 e. The van der Waals surface area contributed by atoms with Crippen LogP contribution in [-0.2, 0) is 12.0 Å². The number of hydrogen-bond acceptors (Lipinski definition) is 2. The van der Waals surface area contributed by atoms with Gasteiger partial charge in [0, 0.05) is 10.9 Å². The molecule has 0 aliphatic heterocycles. The number of fused-ring (bicyclic) bond motifs is 1. The highest BCUT2D eigenvalue weighted by Gasteiger charge is 2.27. The van der Waals surface area contributed by atoms with E-state index in [1.807, 2.05) is 20.8 Å². The molecular formula is C14H17F2NO. The third-order valence-electron chi connectivity index (χ3n) is 2.91. The predicted molar refractivity (Wildman–Crippen MR) is 67.6 cm³/mol. The van der Waals surface area contributed by atoms with Crippen LogP contribution in [0.15, 0.2) is 16.5 Å². The summed E-state index contributed by atoms with van der Waals surface area (Å²) in [5, 5.41) is 3.63. The second kappa shape index (κ2) is 4.35. The van der Waals surface area contributed by atoms with Gasteiger partial charge >= 0.3 is 0 Å². The number of nitrogens with one attached hydrogen (secondary N) is 1. The third-order valence-corrected chi connectivity index (χ3v) is 2.91. The summed E-state index contributed by atoms with van der Waals surface area (Å²) in [4.78, 5) is 0. The summed E-state index contributed by atoms with van der Waals surface area (Å²) in [5.74, 6) is -1.14. The second-order valence-corrected chi connectivity index (χ2v) is 5.42. The molecule has 0 amide bonds. The zero-order valence-corrected chi connectivity index (χ0v) is 11.0. The molecule has 0 atom stereocenters. The molecule has 0 unspecified atom stereocenters. The van der Waals surface area contributed by atoms with Crippen molar-refractivity contribution in [1.29, 1.82) is 0 Å². The Kier molecular flexibility index (Phi) is 3.15. The van der Waals surface area contributed by atoms with Gasteiger partial charge in [0.1, 0.15) is 5.76 Å². The van der Waals surface area contributed by atoms with Crippen LogP contribution in [-0.4, -0.2) is 7.05 Å². The van der Waals surface area contributed by atoms with Crippen molar-refractivity contribution in [3.8, 4) is 0 Å². The number of halogens is 2. The van der Waals surface area contributed by atoms with Gasteiger partial charge in [-0.1, -0.05) is 20.8 Å². The lowest BCUT2D eigenvalue weighted by molar-refractivity contribution is 0.463. The lowest BCUT2D eigenvalue weighted by Gasteiger charge is -2.19. The van der Waals surface area contributed by atoms with E-state index < -0.39 is 11.6 Å². The van der Waals surface area contributed by atoms with E-state index in [0.29, 0.717) is 17.7 Å². The molecular weight excluding hydrogens is 236 g/mol. The molecule has 0 saturated carbocycles. The van der Waals surface area contributed by atoms with Crippen LogP contribution in [0.1, 0.15) is 32.1 Å².